The molecule has 0 aromatic heterocycles. The van der Waals surface area contributed by atoms with Crippen LogP contribution in [0, 0.1) is 0 Å². The van der Waals surface area contributed by atoms with Gasteiger partial charge in [-0.3, -0.25) is 14.5 Å². The number of hydrogen-bond acceptors (Lipinski definition) is 3. The first-order valence-electron chi connectivity index (χ1n) is 9.02. The minimum atomic E-state index is -0.159. The number of unbranched alkanes of at least 4 members (excludes halogenated alkanes) is 1. The van der Waals surface area contributed by atoms with E-state index in [1.165, 1.54) is 4.90 Å². The lowest BCUT2D eigenvalue weighted by atomic mass is 9.89. The SMILES string of the molecule is CCCC[C@@H]1Nc2ccccc2C[C@@H]1N1C(=O)c2ccccc2C1=O. The number of hydrogen-bond donors (Lipinski definition) is 1. The summed E-state index contributed by atoms with van der Waals surface area (Å²) in [5, 5.41) is 3.58. The maximum absolute atomic E-state index is 12.9. The van der Waals surface area contributed by atoms with Crippen LogP contribution in [0.5, 0.6) is 0 Å². The van der Waals surface area contributed by atoms with Crippen LogP contribution in [0.25, 0.3) is 0 Å². The van der Waals surface area contributed by atoms with Crippen molar-refractivity contribution in [3.05, 3.63) is 65.2 Å². The zero-order valence-corrected chi connectivity index (χ0v) is 14.4. The highest BCUT2D eigenvalue weighted by Gasteiger charge is 2.43. The second-order valence-corrected chi connectivity index (χ2v) is 6.85. The Hall–Kier alpha value is -2.62. The van der Waals surface area contributed by atoms with E-state index in [1.54, 1.807) is 12.1 Å². The average molecular weight is 334 g/mol. The van der Waals surface area contributed by atoms with Gasteiger partial charge in [-0.1, -0.05) is 50.1 Å². The van der Waals surface area contributed by atoms with Gasteiger partial charge in [-0.15, -0.1) is 0 Å². The highest BCUT2D eigenvalue weighted by Crippen LogP contribution is 2.34. The molecule has 2 aromatic rings. The van der Waals surface area contributed by atoms with Crippen molar-refractivity contribution in [1.29, 1.82) is 0 Å². The van der Waals surface area contributed by atoms with E-state index in [4.69, 9.17) is 0 Å². The number of para-hydroxylation sites is 1. The number of amides is 2. The summed E-state index contributed by atoms with van der Waals surface area (Å²) in [6.45, 7) is 2.16. The van der Waals surface area contributed by atoms with Crippen molar-refractivity contribution in [2.75, 3.05) is 5.32 Å². The van der Waals surface area contributed by atoms with Gasteiger partial charge in [0.1, 0.15) is 0 Å². The van der Waals surface area contributed by atoms with E-state index in [0.29, 0.717) is 17.5 Å². The maximum Gasteiger partial charge on any atom is 0.261 e. The number of nitrogens with one attached hydrogen (secondary N) is 1. The monoisotopic (exact) mass is 334 g/mol. The summed E-state index contributed by atoms with van der Waals surface area (Å²) in [6.07, 6.45) is 3.82. The molecule has 4 rings (SSSR count). The normalized spacial score (nSPS) is 21.7. The van der Waals surface area contributed by atoms with E-state index in [0.717, 1.165) is 30.5 Å². The summed E-state index contributed by atoms with van der Waals surface area (Å²) in [4.78, 5) is 27.3. The van der Waals surface area contributed by atoms with Crippen molar-refractivity contribution in [3.8, 4) is 0 Å². The lowest BCUT2D eigenvalue weighted by Crippen LogP contribution is -2.53. The number of fused-ring (bicyclic) bond motifs is 2. The summed E-state index contributed by atoms with van der Waals surface area (Å²) in [6, 6.07) is 15.3. The Morgan fingerprint density at radius 3 is 2.32 bits per heavy atom. The second kappa shape index (κ2) is 6.36. The van der Waals surface area contributed by atoms with Crippen molar-refractivity contribution in [2.45, 2.75) is 44.7 Å². The summed E-state index contributed by atoms with van der Waals surface area (Å²) in [7, 11) is 0. The quantitative estimate of drug-likeness (QED) is 0.863. The Morgan fingerprint density at radius 2 is 1.64 bits per heavy atom. The lowest BCUT2D eigenvalue weighted by Gasteiger charge is -2.39. The van der Waals surface area contributed by atoms with E-state index in [1.807, 2.05) is 24.3 Å². The van der Waals surface area contributed by atoms with Crippen molar-refractivity contribution in [3.63, 3.8) is 0 Å². The van der Waals surface area contributed by atoms with Gasteiger partial charge >= 0.3 is 0 Å². The van der Waals surface area contributed by atoms with Gasteiger partial charge in [0, 0.05) is 11.7 Å². The predicted molar refractivity (Wildman–Crippen MR) is 97.8 cm³/mol. The first-order valence-corrected chi connectivity index (χ1v) is 9.02. The summed E-state index contributed by atoms with van der Waals surface area (Å²) in [5.41, 5.74) is 3.34. The molecule has 2 atom stereocenters. The molecule has 25 heavy (non-hydrogen) atoms. The summed E-state index contributed by atoms with van der Waals surface area (Å²) >= 11 is 0. The molecular formula is C21H22N2O2. The minimum Gasteiger partial charge on any atom is -0.380 e. The van der Waals surface area contributed by atoms with Crippen LogP contribution in [-0.2, 0) is 6.42 Å². The van der Waals surface area contributed by atoms with E-state index < -0.39 is 0 Å². The van der Waals surface area contributed by atoms with Gasteiger partial charge in [0.2, 0.25) is 0 Å². The zero-order valence-electron chi connectivity index (χ0n) is 14.4. The smallest absolute Gasteiger partial charge is 0.261 e. The van der Waals surface area contributed by atoms with Crippen LogP contribution < -0.4 is 5.32 Å². The molecule has 0 bridgehead atoms. The standard InChI is InChI=1S/C21H22N2O2/c1-2-3-11-18-19(13-14-8-4-7-12-17(14)22-18)23-20(24)15-9-5-6-10-16(15)21(23)25/h4-10,12,18-19,22H,2-3,11,13H2,1H3/t18-,19-/m0/s1. The number of carbonyl (C=O) groups is 2. The van der Waals surface area contributed by atoms with Gasteiger partial charge in [-0.2, -0.15) is 0 Å². The molecule has 1 N–H and O–H groups in total. The Kier molecular flexibility index (Phi) is 4.04. The number of anilines is 1. The summed E-state index contributed by atoms with van der Waals surface area (Å²) in [5.74, 6) is -0.318. The summed E-state index contributed by atoms with van der Waals surface area (Å²) < 4.78 is 0. The Labute approximate surface area is 147 Å². The highest BCUT2D eigenvalue weighted by atomic mass is 16.2. The van der Waals surface area contributed by atoms with E-state index in [9.17, 15) is 9.59 Å². The van der Waals surface area contributed by atoms with Crippen LogP contribution in [0.2, 0.25) is 0 Å². The van der Waals surface area contributed by atoms with Crippen LogP contribution in [-0.4, -0.2) is 28.8 Å². The third kappa shape index (κ3) is 2.62. The number of rotatable bonds is 4. The largest absolute Gasteiger partial charge is 0.380 e. The van der Waals surface area contributed by atoms with Gasteiger partial charge < -0.3 is 5.32 Å². The average Bonchev–Trinajstić information content (AvgIpc) is 2.90. The molecule has 2 aliphatic rings. The molecule has 128 valence electrons. The molecule has 2 heterocycles. The van der Waals surface area contributed by atoms with Crippen LogP contribution >= 0.6 is 0 Å². The van der Waals surface area contributed by atoms with Crippen molar-refractivity contribution < 1.29 is 9.59 Å². The number of benzene rings is 2. The minimum absolute atomic E-state index is 0.0945. The van der Waals surface area contributed by atoms with Crippen LogP contribution in [0.3, 0.4) is 0 Å². The Balaban J connectivity index is 1.70. The topological polar surface area (TPSA) is 49.4 Å². The number of carbonyl (C=O) groups excluding carboxylic acids is 2. The van der Waals surface area contributed by atoms with Gasteiger partial charge in [0.25, 0.3) is 11.8 Å². The first kappa shape index (κ1) is 15.9. The molecule has 0 saturated carbocycles. The molecule has 0 saturated heterocycles. The Morgan fingerprint density at radius 1 is 1.00 bits per heavy atom. The lowest BCUT2D eigenvalue weighted by molar-refractivity contribution is 0.0559. The molecule has 0 radical (unpaired) electrons. The first-order chi connectivity index (χ1) is 12.2. The van der Waals surface area contributed by atoms with Crippen LogP contribution in [0.1, 0.15) is 52.5 Å². The number of imide groups is 1. The van der Waals surface area contributed by atoms with Crippen molar-refractivity contribution >= 4 is 17.5 Å². The van der Waals surface area contributed by atoms with E-state index in [2.05, 4.69) is 24.4 Å². The van der Waals surface area contributed by atoms with Gasteiger partial charge in [0.15, 0.2) is 0 Å². The zero-order chi connectivity index (χ0) is 17.4. The molecule has 2 aliphatic heterocycles. The van der Waals surface area contributed by atoms with Gasteiger partial charge in [0.05, 0.1) is 17.2 Å². The molecule has 0 aliphatic carbocycles. The van der Waals surface area contributed by atoms with Gasteiger partial charge in [-0.25, -0.2) is 0 Å². The van der Waals surface area contributed by atoms with Gasteiger partial charge in [-0.05, 0) is 36.6 Å². The number of nitrogens with zero attached hydrogens (tertiary/aromatic N) is 1. The van der Waals surface area contributed by atoms with Crippen LogP contribution in [0.15, 0.2) is 48.5 Å². The molecule has 2 aromatic carbocycles. The molecule has 2 amide bonds. The third-order valence-electron chi connectivity index (χ3n) is 5.28. The molecule has 0 unspecified atom stereocenters. The van der Waals surface area contributed by atoms with E-state index in [-0.39, 0.29) is 23.9 Å². The van der Waals surface area contributed by atoms with Crippen molar-refractivity contribution in [1.82, 2.24) is 4.90 Å². The maximum atomic E-state index is 12.9. The third-order valence-corrected chi connectivity index (χ3v) is 5.28. The molecule has 0 fully saturated rings. The van der Waals surface area contributed by atoms with Crippen molar-refractivity contribution in [2.24, 2.45) is 0 Å². The fourth-order valence-electron chi connectivity index (χ4n) is 3.97. The molecular weight excluding hydrogens is 312 g/mol. The van der Waals surface area contributed by atoms with Crippen LogP contribution in [0.4, 0.5) is 5.69 Å². The molecule has 4 nitrogen and oxygen atoms in total. The van der Waals surface area contributed by atoms with E-state index >= 15 is 0 Å². The fourth-order valence-corrected chi connectivity index (χ4v) is 3.97. The fraction of sp³-hybridized carbons (Fsp3) is 0.333. The highest BCUT2D eigenvalue weighted by molar-refractivity contribution is 6.21. The molecule has 0 spiro atoms. The predicted octanol–water partition coefficient (Wildman–Crippen LogP) is 3.88. The molecule has 4 heteroatoms. The second-order valence-electron chi connectivity index (χ2n) is 6.85. The Bertz CT molecular complexity index is 795.